The predicted octanol–water partition coefficient (Wildman–Crippen LogP) is 2.51. The third-order valence-corrected chi connectivity index (χ3v) is 3.09. The first kappa shape index (κ1) is 13.5. The molecule has 0 spiro atoms. The second-order valence-electron chi connectivity index (χ2n) is 4.51. The van der Waals surface area contributed by atoms with E-state index in [0.717, 1.165) is 5.56 Å². The Balaban J connectivity index is 2.05. The summed E-state index contributed by atoms with van der Waals surface area (Å²) in [4.78, 5) is 15.9. The molecule has 0 unspecified atom stereocenters. The number of benzene rings is 1. The quantitative estimate of drug-likeness (QED) is 0.903. The molecule has 0 aliphatic rings. The van der Waals surface area contributed by atoms with E-state index in [1.807, 2.05) is 6.07 Å². The van der Waals surface area contributed by atoms with Gasteiger partial charge < -0.3 is 5.32 Å². The predicted molar refractivity (Wildman–Crippen MR) is 73.1 cm³/mol. The molecular formula is C13H15ClN4O. The second kappa shape index (κ2) is 5.84. The van der Waals surface area contributed by atoms with Gasteiger partial charge in [-0.25, -0.2) is 4.98 Å². The number of aromatic amines is 1. The summed E-state index contributed by atoms with van der Waals surface area (Å²) >= 11 is 6.16. The highest BCUT2D eigenvalue weighted by Gasteiger charge is 2.10. The maximum Gasteiger partial charge on any atom is 0.251 e. The van der Waals surface area contributed by atoms with Crippen molar-refractivity contribution >= 4 is 17.5 Å². The van der Waals surface area contributed by atoms with Crippen molar-refractivity contribution in [3.05, 3.63) is 46.5 Å². The van der Waals surface area contributed by atoms with E-state index < -0.39 is 0 Å². The van der Waals surface area contributed by atoms with Gasteiger partial charge in [-0.2, -0.15) is 5.10 Å². The van der Waals surface area contributed by atoms with E-state index in [-0.39, 0.29) is 5.91 Å². The molecule has 1 heterocycles. The summed E-state index contributed by atoms with van der Waals surface area (Å²) in [7, 11) is 0. The van der Waals surface area contributed by atoms with Crippen LogP contribution in [-0.4, -0.2) is 21.1 Å². The number of nitrogens with zero attached hydrogens (tertiary/aromatic N) is 2. The number of nitrogens with one attached hydrogen (secondary N) is 2. The highest BCUT2D eigenvalue weighted by atomic mass is 35.5. The van der Waals surface area contributed by atoms with Crippen LogP contribution < -0.4 is 5.32 Å². The number of aromatic nitrogens is 3. The maximum absolute atomic E-state index is 11.9. The number of halogens is 1. The first-order chi connectivity index (χ1) is 9.08. The van der Waals surface area contributed by atoms with Gasteiger partial charge in [0.1, 0.15) is 12.2 Å². The Morgan fingerprint density at radius 1 is 1.47 bits per heavy atom. The topological polar surface area (TPSA) is 70.7 Å². The third-order valence-electron chi connectivity index (χ3n) is 2.77. The summed E-state index contributed by atoms with van der Waals surface area (Å²) in [5.41, 5.74) is 1.57. The van der Waals surface area contributed by atoms with Crippen molar-refractivity contribution < 1.29 is 4.79 Å². The fraction of sp³-hybridized carbons (Fsp3) is 0.308. The van der Waals surface area contributed by atoms with Crippen molar-refractivity contribution in [3.8, 4) is 0 Å². The van der Waals surface area contributed by atoms with Gasteiger partial charge in [-0.3, -0.25) is 9.89 Å². The zero-order valence-corrected chi connectivity index (χ0v) is 11.5. The van der Waals surface area contributed by atoms with Crippen molar-refractivity contribution in [2.75, 3.05) is 0 Å². The molecule has 0 aliphatic heterocycles. The maximum atomic E-state index is 11.9. The van der Waals surface area contributed by atoms with Gasteiger partial charge in [0, 0.05) is 10.6 Å². The SMILES string of the molecule is CC(C)c1ccc(C(=O)NCc2ncn[nH]2)cc1Cl. The highest BCUT2D eigenvalue weighted by molar-refractivity contribution is 6.31. The lowest BCUT2D eigenvalue weighted by Crippen LogP contribution is -2.23. The zero-order valence-electron chi connectivity index (χ0n) is 10.8. The molecule has 1 aromatic carbocycles. The molecule has 6 heteroatoms. The summed E-state index contributed by atoms with van der Waals surface area (Å²) in [6, 6.07) is 5.35. The van der Waals surface area contributed by atoms with Gasteiger partial charge in [-0.15, -0.1) is 0 Å². The molecular weight excluding hydrogens is 264 g/mol. The molecule has 2 rings (SSSR count). The molecule has 0 bridgehead atoms. The number of hydrogen-bond donors (Lipinski definition) is 2. The van der Waals surface area contributed by atoms with Crippen molar-refractivity contribution in [2.45, 2.75) is 26.3 Å². The minimum Gasteiger partial charge on any atom is -0.345 e. The van der Waals surface area contributed by atoms with Gasteiger partial charge in [0.25, 0.3) is 5.91 Å². The summed E-state index contributed by atoms with van der Waals surface area (Å²) in [6.07, 6.45) is 1.40. The standard InChI is InChI=1S/C13H15ClN4O/c1-8(2)10-4-3-9(5-11(10)14)13(19)15-6-12-16-7-17-18-12/h3-5,7-8H,6H2,1-2H3,(H,15,19)(H,16,17,18). The fourth-order valence-corrected chi connectivity index (χ4v) is 2.12. The molecule has 0 fully saturated rings. The van der Waals surface area contributed by atoms with Crippen molar-refractivity contribution in [3.63, 3.8) is 0 Å². The van der Waals surface area contributed by atoms with Crippen LogP contribution in [0.1, 0.15) is 41.5 Å². The Kier molecular flexibility index (Phi) is 4.16. The summed E-state index contributed by atoms with van der Waals surface area (Å²) in [5, 5.41) is 9.75. The van der Waals surface area contributed by atoms with Crippen LogP contribution in [-0.2, 0) is 6.54 Å². The van der Waals surface area contributed by atoms with E-state index in [0.29, 0.717) is 28.9 Å². The van der Waals surface area contributed by atoms with Crippen molar-refractivity contribution in [2.24, 2.45) is 0 Å². The number of rotatable bonds is 4. The van der Waals surface area contributed by atoms with Crippen LogP contribution in [0.15, 0.2) is 24.5 Å². The number of H-pyrrole nitrogens is 1. The molecule has 5 nitrogen and oxygen atoms in total. The molecule has 1 aromatic heterocycles. The normalized spacial score (nSPS) is 10.7. The van der Waals surface area contributed by atoms with Gasteiger partial charge in [0.15, 0.2) is 0 Å². The Bertz CT molecular complexity index is 566. The van der Waals surface area contributed by atoms with Crippen LogP contribution in [0.2, 0.25) is 5.02 Å². The molecule has 0 aliphatic carbocycles. The first-order valence-electron chi connectivity index (χ1n) is 6.00. The lowest BCUT2D eigenvalue weighted by molar-refractivity contribution is 0.0950. The van der Waals surface area contributed by atoms with Gasteiger partial charge in [-0.1, -0.05) is 31.5 Å². The van der Waals surface area contributed by atoms with Gasteiger partial charge in [0.05, 0.1) is 6.54 Å². The molecule has 0 saturated heterocycles. The van der Waals surface area contributed by atoms with Crippen LogP contribution >= 0.6 is 11.6 Å². The minimum absolute atomic E-state index is 0.186. The summed E-state index contributed by atoms with van der Waals surface area (Å²) < 4.78 is 0. The molecule has 0 atom stereocenters. The second-order valence-corrected chi connectivity index (χ2v) is 4.91. The van der Waals surface area contributed by atoms with Crippen LogP contribution in [0.3, 0.4) is 0 Å². The monoisotopic (exact) mass is 278 g/mol. The molecule has 19 heavy (non-hydrogen) atoms. The largest absolute Gasteiger partial charge is 0.345 e. The van der Waals surface area contributed by atoms with E-state index >= 15 is 0 Å². The van der Waals surface area contributed by atoms with Crippen LogP contribution in [0.25, 0.3) is 0 Å². The molecule has 100 valence electrons. The lowest BCUT2D eigenvalue weighted by atomic mass is 10.0. The smallest absolute Gasteiger partial charge is 0.251 e. The number of amides is 1. The average molecular weight is 279 g/mol. The number of carbonyl (C=O) groups excluding carboxylic acids is 1. The molecule has 0 saturated carbocycles. The van der Waals surface area contributed by atoms with Crippen molar-refractivity contribution in [1.29, 1.82) is 0 Å². The third kappa shape index (κ3) is 3.32. The summed E-state index contributed by atoms with van der Waals surface area (Å²) in [5.74, 6) is 0.755. The van der Waals surface area contributed by atoms with Crippen molar-refractivity contribution in [1.82, 2.24) is 20.5 Å². The molecule has 2 N–H and O–H groups in total. The van der Waals surface area contributed by atoms with Crippen LogP contribution in [0, 0.1) is 0 Å². The lowest BCUT2D eigenvalue weighted by Gasteiger charge is -2.10. The molecule has 1 amide bonds. The Labute approximate surface area is 116 Å². The molecule has 0 radical (unpaired) electrons. The van der Waals surface area contributed by atoms with Crippen LogP contribution in [0.4, 0.5) is 0 Å². The van der Waals surface area contributed by atoms with E-state index in [1.54, 1.807) is 12.1 Å². The zero-order chi connectivity index (χ0) is 13.8. The Morgan fingerprint density at radius 2 is 2.26 bits per heavy atom. The Hall–Kier alpha value is -1.88. The Morgan fingerprint density at radius 3 is 2.84 bits per heavy atom. The van der Waals surface area contributed by atoms with Gasteiger partial charge in [0.2, 0.25) is 0 Å². The van der Waals surface area contributed by atoms with Crippen LogP contribution in [0.5, 0.6) is 0 Å². The number of carbonyl (C=O) groups is 1. The van der Waals surface area contributed by atoms with Gasteiger partial charge >= 0.3 is 0 Å². The minimum atomic E-state index is -0.186. The highest BCUT2D eigenvalue weighted by Crippen LogP contribution is 2.25. The summed E-state index contributed by atoms with van der Waals surface area (Å²) in [6.45, 7) is 4.43. The van der Waals surface area contributed by atoms with E-state index in [4.69, 9.17) is 11.6 Å². The van der Waals surface area contributed by atoms with Gasteiger partial charge in [-0.05, 0) is 23.6 Å². The first-order valence-corrected chi connectivity index (χ1v) is 6.37. The average Bonchev–Trinajstić information content (AvgIpc) is 2.88. The molecule has 2 aromatic rings. The fourth-order valence-electron chi connectivity index (χ4n) is 1.72. The van der Waals surface area contributed by atoms with E-state index in [1.165, 1.54) is 6.33 Å². The van der Waals surface area contributed by atoms with E-state index in [9.17, 15) is 4.79 Å². The number of hydrogen-bond acceptors (Lipinski definition) is 3. The van der Waals surface area contributed by atoms with E-state index in [2.05, 4.69) is 34.3 Å².